The van der Waals surface area contributed by atoms with Gasteiger partial charge in [-0.1, -0.05) is 43.7 Å². The predicted molar refractivity (Wildman–Crippen MR) is 95.0 cm³/mol. The van der Waals surface area contributed by atoms with Crippen LogP contribution in [0.3, 0.4) is 0 Å². The Labute approximate surface area is 137 Å². The van der Waals surface area contributed by atoms with Gasteiger partial charge in [0.15, 0.2) is 0 Å². The zero-order valence-corrected chi connectivity index (χ0v) is 14.0. The first-order chi connectivity index (χ1) is 11.3. The van der Waals surface area contributed by atoms with E-state index in [4.69, 9.17) is 9.72 Å². The van der Waals surface area contributed by atoms with Crippen LogP contribution >= 0.6 is 0 Å². The monoisotopic (exact) mass is 308 g/mol. The molecule has 3 aromatic rings. The molecular formula is C20H24N2O. The SMILES string of the molecule is CCCCn1c(CCc2ccccc2)nc2cc(OC)ccc21. The third kappa shape index (κ3) is 3.55. The Balaban J connectivity index is 1.90. The van der Waals surface area contributed by atoms with Gasteiger partial charge in [-0.05, 0) is 30.5 Å². The summed E-state index contributed by atoms with van der Waals surface area (Å²) in [5.74, 6) is 2.04. The van der Waals surface area contributed by atoms with Gasteiger partial charge in [0.1, 0.15) is 11.6 Å². The van der Waals surface area contributed by atoms with Gasteiger partial charge in [-0.25, -0.2) is 4.98 Å². The summed E-state index contributed by atoms with van der Waals surface area (Å²) in [7, 11) is 1.70. The van der Waals surface area contributed by atoms with Crippen molar-refractivity contribution >= 4 is 11.0 Å². The molecule has 0 unspecified atom stereocenters. The van der Waals surface area contributed by atoms with Crippen molar-refractivity contribution in [3.05, 3.63) is 59.9 Å². The van der Waals surface area contributed by atoms with Gasteiger partial charge in [-0.3, -0.25) is 0 Å². The van der Waals surface area contributed by atoms with Crippen LogP contribution in [0.1, 0.15) is 31.2 Å². The number of ether oxygens (including phenoxy) is 1. The summed E-state index contributed by atoms with van der Waals surface area (Å²) in [5, 5.41) is 0. The molecule has 23 heavy (non-hydrogen) atoms. The van der Waals surface area contributed by atoms with Crippen molar-refractivity contribution in [2.45, 2.75) is 39.2 Å². The lowest BCUT2D eigenvalue weighted by molar-refractivity contribution is 0.415. The molecule has 3 heteroatoms. The lowest BCUT2D eigenvalue weighted by Crippen LogP contribution is -2.05. The molecule has 1 aromatic heterocycles. The van der Waals surface area contributed by atoms with E-state index in [1.165, 1.54) is 29.7 Å². The number of aryl methyl sites for hydroxylation is 3. The van der Waals surface area contributed by atoms with Crippen molar-refractivity contribution in [3.8, 4) is 5.75 Å². The zero-order valence-electron chi connectivity index (χ0n) is 14.0. The highest BCUT2D eigenvalue weighted by Crippen LogP contribution is 2.23. The van der Waals surface area contributed by atoms with E-state index in [9.17, 15) is 0 Å². The molecule has 0 fully saturated rings. The fourth-order valence-corrected chi connectivity index (χ4v) is 2.94. The Hall–Kier alpha value is -2.29. The molecule has 0 atom stereocenters. The molecule has 1 heterocycles. The maximum Gasteiger partial charge on any atom is 0.121 e. The Morgan fingerprint density at radius 3 is 2.61 bits per heavy atom. The van der Waals surface area contributed by atoms with Crippen LogP contribution in [0, 0.1) is 0 Å². The van der Waals surface area contributed by atoms with E-state index in [1.807, 2.05) is 12.1 Å². The number of unbranched alkanes of at least 4 members (excludes halogenated alkanes) is 1. The van der Waals surface area contributed by atoms with Gasteiger partial charge in [-0.15, -0.1) is 0 Å². The first-order valence-corrected chi connectivity index (χ1v) is 8.39. The first-order valence-electron chi connectivity index (χ1n) is 8.39. The number of methoxy groups -OCH3 is 1. The number of imidazole rings is 1. The minimum Gasteiger partial charge on any atom is -0.497 e. The van der Waals surface area contributed by atoms with Crippen LogP contribution in [-0.4, -0.2) is 16.7 Å². The molecule has 0 radical (unpaired) electrons. The average Bonchev–Trinajstić information content (AvgIpc) is 2.95. The fourth-order valence-electron chi connectivity index (χ4n) is 2.94. The van der Waals surface area contributed by atoms with Gasteiger partial charge in [0, 0.05) is 19.0 Å². The summed E-state index contributed by atoms with van der Waals surface area (Å²) in [6, 6.07) is 16.8. The van der Waals surface area contributed by atoms with Crippen molar-refractivity contribution in [1.82, 2.24) is 9.55 Å². The maximum atomic E-state index is 5.33. The first kappa shape index (κ1) is 15.6. The van der Waals surface area contributed by atoms with Crippen LogP contribution < -0.4 is 4.74 Å². The molecule has 0 spiro atoms. The number of benzene rings is 2. The van der Waals surface area contributed by atoms with E-state index >= 15 is 0 Å². The molecule has 0 aliphatic heterocycles. The smallest absolute Gasteiger partial charge is 0.121 e. The molecule has 0 N–H and O–H groups in total. The number of rotatable bonds is 7. The minimum absolute atomic E-state index is 0.868. The number of nitrogens with zero attached hydrogens (tertiary/aromatic N) is 2. The summed E-state index contributed by atoms with van der Waals surface area (Å²) in [5.41, 5.74) is 3.60. The summed E-state index contributed by atoms with van der Waals surface area (Å²) in [6.45, 7) is 3.26. The molecule has 2 aromatic carbocycles. The largest absolute Gasteiger partial charge is 0.497 e. The van der Waals surface area contributed by atoms with E-state index in [-0.39, 0.29) is 0 Å². The topological polar surface area (TPSA) is 27.1 Å². The molecule has 3 nitrogen and oxygen atoms in total. The Kier molecular flexibility index (Phi) is 4.96. The van der Waals surface area contributed by atoms with Gasteiger partial charge in [-0.2, -0.15) is 0 Å². The number of aromatic nitrogens is 2. The van der Waals surface area contributed by atoms with Crippen molar-refractivity contribution in [2.75, 3.05) is 7.11 Å². The van der Waals surface area contributed by atoms with Crippen LogP contribution in [0.15, 0.2) is 48.5 Å². The Morgan fingerprint density at radius 2 is 1.87 bits per heavy atom. The van der Waals surface area contributed by atoms with Crippen molar-refractivity contribution in [2.24, 2.45) is 0 Å². The normalized spacial score (nSPS) is 11.0. The van der Waals surface area contributed by atoms with E-state index < -0.39 is 0 Å². The van der Waals surface area contributed by atoms with Crippen molar-refractivity contribution in [3.63, 3.8) is 0 Å². The van der Waals surface area contributed by atoms with Crippen LogP contribution in [0.25, 0.3) is 11.0 Å². The van der Waals surface area contributed by atoms with Crippen molar-refractivity contribution < 1.29 is 4.74 Å². The quantitative estimate of drug-likeness (QED) is 0.636. The van der Waals surface area contributed by atoms with Crippen molar-refractivity contribution in [1.29, 1.82) is 0 Å². The maximum absolute atomic E-state index is 5.33. The summed E-state index contributed by atoms with van der Waals surface area (Å²) >= 11 is 0. The van der Waals surface area contributed by atoms with Crippen LogP contribution in [-0.2, 0) is 19.4 Å². The van der Waals surface area contributed by atoms with Crippen LogP contribution in [0.4, 0.5) is 0 Å². The van der Waals surface area contributed by atoms with Crippen LogP contribution in [0.2, 0.25) is 0 Å². The second-order valence-electron chi connectivity index (χ2n) is 5.87. The molecule has 0 saturated carbocycles. The van der Waals surface area contributed by atoms with E-state index in [1.54, 1.807) is 7.11 Å². The minimum atomic E-state index is 0.868. The Morgan fingerprint density at radius 1 is 1.04 bits per heavy atom. The van der Waals surface area contributed by atoms with Gasteiger partial charge in [0.05, 0.1) is 18.1 Å². The molecule has 3 rings (SSSR count). The third-order valence-electron chi connectivity index (χ3n) is 4.25. The predicted octanol–water partition coefficient (Wildman–Crippen LogP) is 4.63. The highest BCUT2D eigenvalue weighted by Gasteiger charge is 2.11. The summed E-state index contributed by atoms with van der Waals surface area (Å²) in [6.07, 6.45) is 4.35. The van der Waals surface area contributed by atoms with Crippen LogP contribution in [0.5, 0.6) is 5.75 Å². The molecule has 120 valence electrons. The second-order valence-corrected chi connectivity index (χ2v) is 5.87. The molecular weight excluding hydrogens is 284 g/mol. The van der Waals surface area contributed by atoms with E-state index in [2.05, 4.69) is 47.9 Å². The lowest BCUT2D eigenvalue weighted by atomic mass is 10.1. The second kappa shape index (κ2) is 7.32. The summed E-state index contributed by atoms with van der Waals surface area (Å²) < 4.78 is 7.71. The van der Waals surface area contributed by atoms with Gasteiger partial charge >= 0.3 is 0 Å². The number of hydrogen-bond acceptors (Lipinski definition) is 2. The molecule has 0 aliphatic carbocycles. The molecule has 0 saturated heterocycles. The Bertz CT molecular complexity index is 762. The lowest BCUT2D eigenvalue weighted by Gasteiger charge is -2.09. The highest BCUT2D eigenvalue weighted by atomic mass is 16.5. The number of hydrogen-bond donors (Lipinski definition) is 0. The molecule has 0 aliphatic rings. The number of fused-ring (bicyclic) bond motifs is 1. The fraction of sp³-hybridized carbons (Fsp3) is 0.350. The van der Waals surface area contributed by atoms with Gasteiger partial charge in [0.25, 0.3) is 0 Å². The van der Waals surface area contributed by atoms with E-state index in [0.717, 1.165) is 30.7 Å². The highest BCUT2D eigenvalue weighted by molar-refractivity contribution is 5.77. The summed E-state index contributed by atoms with van der Waals surface area (Å²) in [4.78, 5) is 4.87. The third-order valence-corrected chi connectivity index (χ3v) is 4.25. The van der Waals surface area contributed by atoms with E-state index in [0.29, 0.717) is 0 Å². The molecule has 0 amide bonds. The van der Waals surface area contributed by atoms with Gasteiger partial charge in [0.2, 0.25) is 0 Å². The van der Waals surface area contributed by atoms with Gasteiger partial charge < -0.3 is 9.30 Å². The standard InChI is InChI=1S/C20H24N2O/c1-3-4-14-22-19-12-11-17(23-2)15-18(19)21-20(22)13-10-16-8-6-5-7-9-16/h5-9,11-12,15H,3-4,10,13-14H2,1-2H3. The zero-order chi connectivity index (χ0) is 16.1. The molecule has 0 bridgehead atoms. The average molecular weight is 308 g/mol.